The summed E-state index contributed by atoms with van der Waals surface area (Å²) in [7, 11) is 1.64. The van der Waals surface area contributed by atoms with Crippen LogP contribution in [0.2, 0.25) is 0 Å². The van der Waals surface area contributed by atoms with Crippen molar-refractivity contribution < 1.29 is 9.53 Å². The minimum absolute atomic E-state index is 0.400. The molecule has 0 aliphatic carbocycles. The maximum atomic E-state index is 11.6. The number of rotatable bonds is 3. The van der Waals surface area contributed by atoms with Crippen molar-refractivity contribution >= 4 is 23.1 Å². The summed E-state index contributed by atoms with van der Waals surface area (Å²) in [5, 5.41) is 0.771. The molecule has 2 aromatic heterocycles. The van der Waals surface area contributed by atoms with Crippen LogP contribution >= 0.6 is 0 Å². The summed E-state index contributed by atoms with van der Waals surface area (Å²) in [5.41, 5.74) is 12.3. The summed E-state index contributed by atoms with van der Waals surface area (Å²) in [6.45, 7) is 7.92. The number of carbonyl (C=O) groups is 1. The molecule has 0 spiro atoms. The number of pyridine rings is 1. The standard InChI is InChI=1S/C19H21N3O2/c1-10-6-7-16(24-5)12(3)17(10)22-18(20)15(9-23)14-8-11(2)13(4)21-19(14)22/h6-9H,20H2,1-5H3. The first-order valence-corrected chi connectivity index (χ1v) is 7.78. The number of nitrogens with two attached hydrogens (primary N) is 1. The van der Waals surface area contributed by atoms with Gasteiger partial charge >= 0.3 is 0 Å². The van der Waals surface area contributed by atoms with Crippen LogP contribution < -0.4 is 10.5 Å². The number of carbonyl (C=O) groups excluding carboxylic acids is 1. The maximum Gasteiger partial charge on any atom is 0.154 e. The second-order valence-electron chi connectivity index (χ2n) is 6.07. The third-order valence-corrected chi connectivity index (χ3v) is 4.61. The van der Waals surface area contributed by atoms with E-state index in [4.69, 9.17) is 15.5 Å². The molecule has 1 aromatic carbocycles. The van der Waals surface area contributed by atoms with Crippen LogP contribution in [0.1, 0.15) is 32.7 Å². The normalized spacial score (nSPS) is 11.0. The molecule has 3 aromatic rings. The summed E-state index contributed by atoms with van der Waals surface area (Å²) >= 11 is 0. The van der Waals surface area contributed by atoms with E-state index in [-0.39, 0.29) is 0 Å². The van der Waals surface area contributed by atoms with Gasteiger partial charge in [0.1, 0.15) is 17.2 Å². The molecule has 0 fully saturated rings. The number of nitrogen functional groups attached to an aromatic ring is 1. The Morgan fingerprint density at radius 3 is 2.50 bits per heavy atom. The number of aromatic nitrogens is 2. The van der Waals surface area contributed by atoms with E-state index < -0.39 is 0 Å². The predicted octanol–water partition coefficient (Wildman–Crippen LogP) is 3.66. The largest absolute Gasteiger partial charge is 0.496 e. The van der Waals surface area contributed by atoms with Gasteiger partial charge in [0.15, 0.2) is 6.29 Å². The second-order valence-corrected chi connectivity index (χ2v) is 6.07. The van der Waals surface area contributed by atoms with Crippen molar-refractivity contribution in [2.45, 2.75) is 27.7 Å². The van der Waals surface area contributed by atoms with Gasteiger partial charge in [-0.3, -0.25) is 9.36 Å². The minimum Gasteiger partial charge on any atom is -0.496 e. The van der Waals surface area contributed by atoms with E-state index in [9.17, 15) is 4.79 Å². The van der Waals surface area contributed by atoms with Crippen LogP contribution in [-0.2, 0) is 0 Å². The van der Waals surface area contributed by atoms with E-state index >= 15 is 0 Å². The Morgan fingerprint density at radius 2 is 1.88 bits per heavy atom. The molecular formula is C19H21N3O2. The summed E-state index contributed by atoms with van der Waals surface area (Å²) in [5.74, 6) is 1.17. The molecule has 2 N–H and O–H groups in total. The fourth-order valence-electron chi connectivity index (χ4n) is 3.17. The average molecular weight is 323 g/mol. The molecule has 124 valence electrons. The summed E-state index contributed by atoms with van der Waals surface area (Å²) in [6.07, 6.45) is 0.801. The van der Waals surface area contributed by atoms with Crippen LogP contribution in [0.5, 0.6) is 5.75 Å². The van der Waals surface area contributed by atoms with Crippen LogP contribution in [0.25, 0.3) is 16.7 Å². The zero-order valence-electron chi connectivity index (χ0n) is 14.6. The van der Waals surface area contributed by atoms with Gasteiger partial charge in [0.05, 0.1) is 18.4 Å². The van der Waals surface area contributed by atoms with Gasteiger partial charge in [-0.15, -0.1) is 0 Å². The molecule has 0 saturated heterocycles. The van der Waals surface area contributed by atoms with Gasteiger partial charge in [0.25, 0.3) is 0 Å². The second kappa shape index (κ2) is 5.67. The topological polar surface area (TPSA) is 70.1 Å². The highest BCUT2D eigenvalue weighted by atomic mass is 16.5. The van der Waals surface area contributed by atoms with E-state index in [0.29, 0.717) is 17.0 Å². The molecule has 0 amide bonds. The number of hydrogen-bond donors (Lipinski definition) is 1. The Morgan fingerprint density at radius 1 is 1.17 bits per heavy atom. The lowest BCUT2D eigenvalue weighted by molar-refractivity contribution is 0.112. The first-order valence-electron chi connectivity index (χ1n) is 7.78. The highest BCUT2D eigenvalue weighted by Crippen LogP contribution is 2.35. The fourth-order valence-corrected chi connectivity index (χ4v) is 3.17. The lowest BCUT2D eigenvalue weighted by Gasteiger charge is -2.17. The molecule has 0 aliphatic rings. The van der Waals surface area contributed by atoms with Crippen LogP contribution in [0, 0.1) is 27.7 Å². The van der Waals surface area contributed by atoms with Crippen LogP contribution in [0.15, 0.2) is 18.2 Å². The van der Waals surface area contributed by atoms with Gasteiger partial charge in [-0.25, -0.2) is 4.98 Å². The molecule has 2 heterocycles. The molecule has 5 nitrogen and oxygen atoms in total. The number of methoxy groups -OCH3 is 1. The SMILES string of the molecule is COc1ccc(C)c(-n2c(N)c(C=O)c3cc(C)c(C)nc32)c1C. The molecule has 0 saturated carbocycles. The Kier molecular flexibility index (Phi) is 3.79. The Bertz CT molecular complexity index is 971. The first-order chi connectivity index (χ1) is 11.4. The minimum atomic E-state index is 0.400. The Balaban J connectivity index is 2.50. The molecule has 0 unspecified atom stereocenters. The molecular weight excluding hydrogens is 302 g/mol. The number of benzene rings is 1. The number of aryl methyl sites for hydroxylation is 3. The lowest BCUT2D eigenvalue weighted by Crippen LogP contribution is -2.07. The van der Waals surface area contributed by atoms with E-state index in [2.05, 4.69) is 0 Å². The predicted molar refractivity (Wildman–Crippen MR) is 96.4 cm³/mol. The molecule has 5 heteroatoms. The van der Waals surface area contributed by atoms with Crippen molar-refractivity contribution in [2.75, 3.05) is 12.8 Å². The van der Waals surface area contributed by atoms with Crippen molar-refractivity contribution in [3.05, 3.63) is 46.1 Å². The van der Waals surface area contributed by atoms with Gasteiger partial charge in [-0.2, -0.15) is 0 Å². The van der Waals surface area contributed by atoms with Crippen molar-refractivity contribution in [3.8, 4) is 11.4 Å². The zero-order valence-corrected chi connectivity index (χ0v) is 14.6. The van der Waals surface area contributed by atoms with Gasteiger partial charge < -0.3 is 10.5 Å². The van der Waals surface area contributed by atoms with Gasteiger partial charge in [-0.1, -0.05) is 6.07 Å². The monoisotopic (exact) mass is 323 g/mol. The first kappa shape index (κ1) is 16.1. The molecule has 0 bridgehead atoms. The number of ether oxygens (including phenoxy) is 1. The fraction of sp³-hybridized carbons (Fsp3) is 0.263. The van der Waals surface area contributed by atoms with E-state index in [1.54, 1.807) is 7.11 Å². The van der Waals surface area contributed by atoms with E-state index in [1.807, 2.05) is 50.5 Å². The quantitative estimate of drug-likeness (QED) is 0.747. The lowest BCUT2D eigenvalue weighted by atomic mass is 10.1. The molecule has 3 rings (SSSR count). The van der Waals surface area contributed by atoms with Gasteiger partial charge in [0, 0.05) is 16.6 Å². The third kappa shape index (κ3) is 2.16. The number of nitrogens with zero attached hydrogens (tertiary/aromatic N) is 2. The average Bonchev–Trinajstić information content (AvgIpc) is 2.80. The van der Waals surface area contributed by atoms with Crippen molar-refractivity contribution in [1.82, 2.24) is 9.55 Å². The van der Waals surface area contributed by atoms with Crippen LogP contribution in [0.4, 0.5) is 5.82 Å². The number of aldehydes is 1. The number of fused-ring (bicyclic) bond motifs is 1. The van der Waals surface area contributed by atoms with E-state index in [1.165, 1.54) is 0 Å². The Labute approximate surface area is 141 Å². The Hall–Kier alpha value is -2.82. The van der Waals surface area contributed by atoms with Gasteiger partial charge in [-0.05, 0) is 51.0 Å². The van der Waals surface area contributed by atoms with E-state index in [0.717, 1.165) is 45.5 Å². The van der Waals surface area contributed by atoms with Crippen molar-refractivity contribution in [1.29, 1.82) is 0 Å². The maximum absolute atomic E-state index is 11.6. The summed E-state index contributed by atoms with van der Waals surface area (Å²) < 4.78 is 7.31. The van der Waals surface area contributed by atoms with Crippen molar-refractivity contribution in [2.24, 2.45) is 0 Å². The summed E-state index contributed by atoms with van der Waals surface area (Å²) in [6, 6.07) is 5.88. The molecule has 0 atom stereocenters. The third-order valence-electron chi connectivity index (χ3n) is 4.61. The summed E-state index contributed by atoms with van der Waals surface area (Å²) in [4.78, 5) is 16.3. The highest BCUT2D eigenvalue weighted by Gasteiger charge is 2.21. The zero-order chi connectivity index (χ0) is 17.6. The number of anilines is 1. The van der Waals surface area contributed by atoms with Crippen LogP contribution in [0.3, 0.4) is 0 Å². The smallest absolute Gasteiger partial charge is 0.154 e. The van der Waals surface area contributed by atoms with Crippen molar-refractivity contribution in [3.63, 3.8) is 0 Å². The molecule has 0 radical (unpaired) electrons. The molecule has 24 heavy (non-hydrogen) atoms. The molecule has 0 aliphatic heterocycles. The van der Waals surface area contributed by atoms with Gasteiger partial charge in [0.2, 0.25) is 0 Å². The van der Waals surface area contributed by atoms with Crippen LogP contribution in [-0.4, -0.2) is 22.9 Å². The number of hydrogen-bond acceptors (Lipinski definition) is 4. The highest BCUT2D eigenvalue weighted by molar-refractivity contribution is 6.03.